The normalized spacial score (nSPS) is 10.6. The average molecular weight is 292 g/mol. The number of hydrogen-bond donors (Lipinski definition) is 0. The molecule has 0 amide bonds. The molecule has 0 atom stereocenters. The highest BCUT2D eigenvalue weighted by atomic mass is 16.5. The summed E-state index contributed by atoms with van der Waals surface area (Å²) in [6, 6.07) is 7.13. The Morgan fingerprint density at radius 3 is 2.10 bits per heavy atom. The van der Waals surface area contributed by atoms with Gasteiger partial charge in [0.15, 0.2) is 5.41 Å². The van der Waals surface area contributed by atoms with Gasteiger partial charge in [-0.3, -0.25) is 9.59 Å². The second-order valence-electron chi connectivity index (χ2n) is 4.74. The van der Waals surface area contributed by atoms with Crippen LogP contribution in [0.2, 0.25) is 0 Å². The molecule has 0 saturated carbocycles. The van der Waals surface area contributed by atoms with Crippen molar-refractivity contribution in [3.8, 4) is 5.75 Å². The Hall–Kier alpha value is -2.30. The van der Waals surface area contributed by atoms with E-state index in [0.29, 0.717) is 12.4 Å². The average Bonchev–Trinajstić information content (AvgIpc) is 2.52. The van der Waals surface area contributed by atoms with Gasteiger partial charge in [0.2, 0.25) is 0 Å². The van der Waals surface area contributed by atoms with Gasteiger partial charge in [0, 0.05) is 0 Å². The van der Waals surface area contributed by atoms with Crippen molar-refractivity contribution in [3.63, 3.8) is 0 Å². The predicted octanol–water partition coefficient (Wildman–Crippen LogP) is 2.15. The number of methoxy groups -OCH3 is 2. The van der Waals surface area contributed by atoms with Crippen LogP contribution in [-0.4, -0.2) is 32.8 Å². The Kier molecular flexibility index (Phi) is 5.96. The molecule has 0 aliphatic carbocycles. The van der Waals surface area contributed by atoms with Gasteiger partial charge >= 0.3 is 11.9 Å². The fraction of sp³-hybridized carbons (Fsp3) is 0.375. The smallest absolute Gasteiger partial charge is 0.323 e. The number of carbonyl (C=O) groups excluding carboxylic acids is 2. The monoisotopic (exact) mass is 292 g/mol. The van der Waals surface area contributed by atoms with Gasteiger partial charge in [0.25, 0.3) is 0 Å². The van der Waals surface area contributed by atoms with Crippen molar-refractivity contribution in [2.75, 3.05) is 20.8 Å². The second kappa shape index (κ2) is 7.47. The van der Waals surface area contributed by atoms with E-state index in [1.807, 2.05) is 0 Å². The molecular weight excluding hydrogens is 272 g/mol. The van der Waals surface area contributed by atoms with Crippen LogP contribution in [0.25, 0.3) is 0 Å². The van der Waals surface area contributed by atoms with Crippen LogP contribution in [0.3, 0.4) is 0 Å². The van der Waals surface area contributed by atoms with E-state index in [1.54, 1.807) is 30.3 Å². The van der Waals surface area contributed by atoms with Crippen molar-refractivity contribution in [1.82, 2.24) is 0 Å². The zero-order chi connectivity index (χ0) is 15.9. The van der Waals surface area contributed by atoms with Crippen molar-refractivity contribution in [2.45, 2.75) is 13.3 Å². The maximum Gasteiger partial charge on any atom is 0.323 e. The Morgan fingerprint density at radius 2 is 1.67 bits per heavy atom. The molecule has 0 aliphatic rings. The van der Waals surface area contributed by atoms with Crippen molar-refractivity contribution >= 4 is 11.9 Å². The Labute approximate surface area is 124 Å². The molecule has 0 radical (unpaired) electrons. The maximum atomic E-state index is 11.9. The Morgan fingerprint density at radius 1 is 1.14 bits per heavy atom. The molecule has 0 saturated heterocycles. The molecule has 114 valence electrons. The van der Waals surface area contributed by atoms with Gasteiger partial charge in [0.1, 0.15) is 12.4 Å². The molecule has 0 aromatic heterocycles. The molecule has 0 unspecified atom stereocenters. The highest BCUT2D eigenvalue weighted by Crippen LogP contribution is 2.27. The number of benzene rings is 1. The Balaban J connectivity index is 2.91. The molecule has 5 heteroatoms. The number of rotatable bonds is 7. The summed E-state index contributed by atoms with van der Waals surface area (Å²) in [7, 11) is 2.49. The summed E-state index contributed by atoms with van der Waals surface area (Å²) < 4.78 is 14.8. The van der Waals surface area contributed by atoms with Gasteiger partial charge in [-0.15, -0.1) is 0 Å². The van der Waals surface area contributed by atoms with Crippen LogP contribution in [0, 0.1) is 5.41 Å². The van der Waals surface area contributed by atoms with Crippen molar-refractivity contribution in [2.24, 2.45) is 5.41 Å². The molecule has 21 heavy (non-hydrogen) atoms. The van der Waals surface area contributed by atoms with E-state index in [0.717, 1.165) is 5.56 Å². The standard InChI is InChI=1S/C16H20O5/c1-5-10-21-13-8-6-12(7-9-13)11-16(2,14(17)19-3)15(18)20-4/h5-9H,1,10-11H2,2-4H3. The second-order valence-corrected chi connectivity index (χ2v) is 4.74. The van der Waals surface area contributed by atoms with Crippen molar-refractivity contribution in [1.29, 1.82) is 0 Å². The zero-order valence-corrected chi connectivity index (χ0v) is 12.5. The first-order chi connectivity index (χ1) is 9.97. The number of carbonyl (C=O) groups is 2. The van der Waals surface area contributed by atoms with E-state index in [-0.39, 0.29) is 6.42 Å². The summed E-state index contributed by atoms with van der Waals surface area (Å²) in [5, 5.41) is 0. The SMILES string of the molecule is C=CCOc1ccc(CC(C)(C(=O)OC)C(=O)OC)cc1. The third-order valence-electron chi connectivity index (χ3n) is 3.12. The third-order valence-corrected chi connectivity index (χ3v) is 3.12. The van der Waals surface area contributed by atoms with Crippen LogP contribution in [0.5, 0.6) is 5.75 Å². The minimum absolute atomic E-state index is 0.189. The summed E-state index contributed by atoms with van der Waals surface area (Å²) in [6.07, 6.45) is 1.84. The van der Waals surface area contributed by atoms with Gasteiger partial charge in [-0.25, -0.2) is 0 Å². The Bertz CT molecular complexity index is 488. The molecule has 0 aliphatic heterocycles. The first kappa shape index (κ1) is 16.8. The first-order valence-corrected chi connectivity index (χ1v) is 6.47. The van der Waals surface area contributed by atoms with Crippen LogP contribution in [0.4, 0.5) is 0 Å². The molecule has 1 aromatic rings. The molecule has 0 N–H and O–H groups in total. The fourth-order valence-electron chi connectivity index (χ4n) is 1.95. The molecule has 1 aromatic carbocycles. The van der Waals surface area contributed by atoms with Crippen molar-refractivity contribution < 1.29 is 23.8 Å². The van der Waals surface area contributed by atoms with E-state index in [2.05, 4.69) is 6.58 Å². The molecule has 0 fully saturated rings. The van der Waals surface area contributed by atoms with E-state index in [1.165, 1.54) is 21.1 Å². The summed E-state index contributed by atoms with van der Waals surface area (Å²) in [4.78, 5) is 23.8. The lowest BCUT2D eigenvalue weighted by Gasteiger charge is -2.23. The van der Waals surface area contributed by atoms with Crippen LogP contribution in [0.1, 0.15) is 12.5 Å². The lowest BCUT2D eigenvalue weighted by Crippen LogP contribution is -2.40. The third kappa shape index (κ3) is 4.08. The van der Waals surface area contributed by atoms with Gasteiger partial charge in [0.05, 0.1) is 14.2 Å². The quantitative estimate of drug-likeness (QED) is 0.438. The van der Waals surface area contributed by atoms with Gasteiger partial charge in [-0.05, 0) is 31.0 Å². The summed E-state index contributed by atoms with van der Waals surface area (Å²) >= 11 is 0. The van der Waals surface area contributed by atoms with E-state index in [4.69, 9.17) is 14.2 Å². The molecule has 0 spiro atoms. The predicted molar refractivity (Wildman–Crippen MR) is 78.0 cm³/mol. The molecule has 1 rings (SSSR count). The van der Waals surface area contributed by atoms with Gasteiger partial charge < -0.3 is 14.2 Å². The molecule has 5 nitrogen and oxygen atoms in total. The lowest BCUT2D eigenvalue weighted by molar-refractivity contribution is -0.167. The van der Waals surface area contributed by atoms with Crippen LogP contribution in [-0.2, 0) is 25.5 Å². The van der Waals surface area contributed by atoms with Gasteiger partial charge in [-0.2, -0.15) is 0 Å². The number of esters is 2. The van der Waals surface area contributed by atoms with E-state index >= 15 is 0 Å². The fourth-order valence-corrected chi connectivity index (χ4v) is 1.95. The van der Waals surface area contributed by atoms with Crippen LogP contribution >= 0.6 is 0 Å². The highest BCUT2D eigenvalue weighted by Gasteiger charge is 2.43. The largest absolute Gasteiger partial charge is 0.490 e. The summed E-state index contributed by atoms with van der Waals surface area (Å²) in [6.45, 7) is 5.50. The number of hydrogen-bond acceptors (Lipinski definition) is 5. The highest BCUT2D eigenvalue weighted by molar-refractivity contribution is 5.99. The molecular formula is C16H20O5. The summed E-state index contributed by atoms with van der Waals surface area (Å²) in [5.74, 6) is -0.556. The van der Waals surface area contributed by atoms with Crippen LogP contribution < -0.4 is 4.74 Å². The lowest BCUT2D eigenvalue weighted by atomic mass is 9.83. The minimum Gasteiger partial charge on any atom is -0.490 e. The molecule has 0 heterocycles. The number of ether oxygens (including phenoxy) is 3. The minimum atomic E-state index is -1.37. The molecule has 0 bridgehead atoms. The van der Waals surface area contributed by atoms with Crippen LogP contribution in [0.15, 0.2) is 36.9 Å². The topological polar surface area (TPSA) is 61.8 Å². The first-order valence-electron chi connectivity index (χ1n) is 6.47. The van der Waals surface area contributed by atoms with Crippen molar-refractivity contribution in [3.05, 3.63) is 42.5 Å². The maximum absolute atomic E-state index is 11.9. The van der Waals surface area contributed by atoms with Gasteiger partial charge in [-0.1, -0.05) is 24.8 Å². The van der Waals surface area contributed by atoms with E-state index in [9.17, 15) is 9.59 Å². The van der Waals surface area contributed by atoms with E-state index < -0.39 is 17.4 Å². The summed E-state index contributed by atoms with van der Waals surface area (Å²) in [5.41, 5.74) is -0.563. The zero-order valence-electron chi connectivity index (χ0n) is 12.5.